The van der Waals surface area contributed by atoms with Crippen LogP contribution in [0.4, 0.5) is 5.82 Å². The molecule has 1 aliphatic rings. The predicted octanol–water partition coefficient (Wildman–Crippen LogP) is 0.574. The maximum atomic E-state index is 11.6. The third-order valence-corrected chi connectivity index (χ3v) is 2.83. The number of hydrogen-bond acceptors (Lipinski definition) is 4. The van der Waals surface area contributed by atoms with E-state index in [1.165, 1.54) is 10.8 Å². The molecule has 2 heterocycles. The van der Waals surface area contributed by atoms with Gasteiger partial charge in [-0.05, 0) is 11.3 Å². The van der Waals surface area contributed by atoms with Crippen LogP contribution < -0.4 is 0 Å². The largest absolute Gasteiger partial charge is 0.358 e. The van der Waals surface area contributed by atoms with Crippen LogP contribution in [0, 0.1) is 10.1 Å². The molecular formula is C10H12N4O3. The van der Waals surface area contributed by atoms with Gasteiger partial charge in [-0.2, -0.15) is 0 Å². The Hall–Kier alpha value is -2.18. The summed E-state index contributed by atoms with van der Waals surface area (Å²) in [5, 5.41) is 10.6. The minimum Gasteiger partial charge on any atom is -0.358 e. The number of aromatic nitrogens is 2. The Morgan fingerprint density at radius 2 is 2.24 bits per heavy atom. The summed E-state index contributed by atoms with van der Waals surface area (Å²) < 4.78 is 1.36. The highest BCUT2D eigenvalue weighted by molar-refractivity contribution is 5.99. The van der Waals surface area contributed by atoms with E-state index in [-0.39, 0.29) is 11.7 Å². The van der Waals surface area contributed by atoms with Crippen molar-refractivity contribution in [3.8, 4) is 0 Å². The lowest BCUT2D eigenvalue weighted by Gasteiger charge is -2.04. The molecule has 0 unspecified atom stereocenters. The zero-order valence-corrected chi connectivity index (χ0v) is 9.58. The molecule has 17 heavy (non-hydrogen) atoms. The minimum absolute atomic E-state index is 0.0457. The molecule has 0 atom stereocenters. The number of likely N-dealkylation sites (tertiary alicyclic amines) is 1. The first-order chi connectivity index (χ1) is 8.00. The van der Waals surface area contributed by atoms with Crippen LogP contribution in [0.1, 0.15) is 12.2 Å². The van der Waals surface area contributed by atoms with Crippen LogP contribution in [-0.2, 0) is 11.8 Å². The highest BCUT2D eigenvalue weighted by Crippen LogP contribution is 2.20. The molecule has 0 spiro atoms. The third kappa shape index (κ3) is 1.91. The molecule has 1 saturated heterocycles. The lowest BCUT2D eigenvalue weighted by molar-refractivity contribution is -0.391. The van der Waals surface area contributed by atoms with Gasteiger partial charge in [0.1, 0.15) is 6.20 Å². The molecule has 1 aromatic heterocycles. The van der Waals surface area contributed by atoms with E-state index in [0.717, 1.165) is 0 Å². The van der Waals surface area contributed by atoms with E-state index in [1.54, 1.807) is 25.1 Å². The van der Waals surface area contributed by atoms with Crippen molar-refractivity contribution in [1.82, 2.24) is 14.5 Å². The zero-order chi connectivity index (χ0) is 12.6. The summed E-state index contributed by atoms with van der Waals surface area (Å²) >= 11 is 0. The Morgan fingerprint density at radius 1 is 1.53 bits per heavy atom. The zero-order valence-electron chi connectivity index (χ0n) is 9.58. The number of carbonyl (C=O) groups is 1. The lowest BCUT2D eigenvalue weighted by atomic mass is 10.2. The van der Waals surface area contributed by atoms with Crippen molar-refractivity contribution in [2.45, 2.75) is 6.42 Å². The first kappa shape index (κ1) is 11.3. The standard InChI is InChI=1S/C10H12N4O3/c1-12-4-3-7(10(12)15)5-8-11-6-9(13(8)2)14(16)17/h5-6H,3-4H2,1-2H3/b7-5-. The molecule has 1 aromatic rings. The summed E-state index contributed by atoms with van der Waals surface area (Å²) in [7, 11) is 3.28. The fourth-order valence-electron chi connectivity index (χ4n) is 1.75. The van der Waals surface area contributed by atoms with Crippen molar-refractivity contribution < 1.29 is 9.72 Å². The number of nitro groups is 1. The number of amides is 1. The average molecular weight is 236 g/mol. The van der Waals surface area contributed by atoms with Gasteiger partial charge in [0.2, 0.25) is 11.7 Å². The van der Waals surface area contributed by atoms with Crippen molar-refractivity contribution in [2.75, 3.05) is 13.6 Å². The number of imidazole rings is 1. The predicted molar refractivity (Wildman–Crippen MR) is 60.1 cm³/mol. The number of nitrogens with zero attached hydrogens (tertiary/aromatic N) is 4. The van der Waals surface area contributed by atoms with Gasteiger partial charge in [0.25, 0.3) is 0 Å². The molecule has 0 bridgehead atoms. The van der Waals surface area contributed by atoms with E-state index in [1.807, 2.05) is 0 Å². The maximum Gasteiger partial charge on any atom is 0.342 e. The first-order valence-electron chi connectivity index (χ1n) is 5.13. The van der Waals surface area contributed by atoms with Crippen molar-refractivity contribution in [1.29, 1.82) is 0 Å². The number of carbonyl (C=O) groups excluding carboxylic acids is 1. The summed E-state index contributed by atoms with van der Waals surface area (Å²) in [6, 6.07) is 0. The van der Waals surface area contributed by atoms with Crippen LogP contribution in [0.2, 0.25) is 0 Å². The van der Waals surface area contributed by atoms with Crippen molar-refractivity contribution >= 4 is 17.8 Å². The summed E-state index contributed by atoms with van der Waals surface area (Å²) in [5.74, 6) is 0.293. The molecule has 1 fully saturated rings. The van der Waals surface area contributed by atoms with Gasteiger partial charge in [0, 0.05) is 25.2 Å². The second-order valence-corrected chi connectivity index (χ2v) is 3.94. The number of rotatable bonds is 2. The van der Waals surface area contributed by atoms with Crippen LogP contribution in [0.3, 0.4) is 0 Å². The fourth-order valence-corrected chi connectivity index (χ4v) is 1.75. The van der Waals surface area contributed by atoms with Crippen LogP contribution in [-0.4, -0.2) is 38.9 Å². The van der Waals surface area contributed by atoms with Gasteiger partial charge in [-0.3, -0.25) is 4.79 Å². The van der Waals surface area contributed by atoms with Gasteiger partial charge in [-0.1, -0.05) is 0 Å². The Bertz CT molecular complexity index is 518. The average Bonchev–Trinajstić information content (AvgIpc) is 2.77. The molecule has 0 radical (unpaired) electrons. The van der Waals surface area contributed by atoms with Gasteiger partial charge in [-0.25, -0.2) is 9.55 Å². The molecule has 90 valence electrons. The second-order valence-electron chi connectivity index (χ2n) is 3.94. The van der Waals surface area contributed by atoms with E-state index in [2.05, 4.69) is 4.98 Å². The SMILES string of the molecule is CN1CC/C(=C/c2ncc([N+](=O)[O-])n2C)C1=O. The smallest absolute Gasteiger partial charge is 0.342 e. The summed E-state index contributed by atoms with van der Waals surface area (Å²) in [6.45, 7) is 0.678. The normalized spacial score (nSPS) is 18.1. The van der Waals surface area contributed by atoms with Gasteiger partial charge in [-0.15, -0.1) is 0 Å². The van der Waals surface area contributed by atoms with Crippen molar-refractivity contribution in [3.05, 3.63) is 27.7 Å². The van der Waals surface area contributed by atoms with E-state index in [0.29, 0.717) is 24.4 Å². The van der Waals surface area contributed by atoms with E-state index in [4.69, 9.17) is 0 Å². The quantitative estimate of drug-likeness (QED) is 0.427. The van der Waals surface area contributed by atoms with Gasteiger partial charge in [0.05, 0.1) is 7.05 Å². The van der Waals surface area contributed by atoms with Crippen LogP contribution >= 0.6 is 0 Å². The Kier molecular flexibility index (Phi) is 2.66. The third-order valence-electron chi connectivity index (χ3n) is 2.83. The molecular weight excluding hydrogens is 224 g/mol. The molecule has 1 aliphatic heterocycles. The highest BCUT2D eigenvalue weighted by atomic mass is 16.6. The fraction of sp³-hybridized carbons (Fsp3) is 0.400. The minimum atomic E-state index is -0.502. The number of likely N-dealkylation sites (N-methyl/N-ethyl adjacent to an activating group) is 1. The van der Waals surface area contributed by atoms with Crippen LogP contribution in [0.5, 0.6) is 0 Å². The van der Waals surface area contributed by atoms with Crippen LogP contribution in [0.25, 0.3) is 6.08 Å². The van der Waals surface area contributed by atoms with E-state index in [9.17, 15) is 14.9 Å². The summed E-state index contributed by atoms with van der Waals surface area (Å²) in [4.78, 5) is 27.3. The highest BCUT2D eigenvalue weighted by Gasteiger charge is 2.24. The molecule has 0 saturated carbocycles. The summed E-state index contributed by atoms with van der Waals surface area (Å²) in [5.41, 5.74) is 0.635. The van der Waals surface area contributed by atoms with Gasteiger partial charge < -0.3 is 15.0 Å². The monoisotopic (exact) mass is 236 g/mol. The molecule has 7 nitrogen and oxygen atoms in total. The molecule has 2 rings (SSSR count). The van der Waals surface area contributed by atoms with Gasteiger partial charge >= 0.3 is 5.82 Å². The molecule has 0 aliphatic carbocycles. The van der Waals surface area contributed by atoms with Crippen molar-refractivity contribution in [2.24, 2.45) is 7.05 Å². The lowest BCUT2D eigenvalue weighted by Crippen LogP contribution is -2.19. The Morgan fingerprint density at radius 3 is 2.71 bits per heavy atom. The van der Waals surface area contributed by atoms with E-state index >= 15 is 0 Å². The molecule has 0 aromatic carbocycles. The van der Waals surface area contributed by atoms with Gasteiger partial charge in [0.15, 0.2) is 0 Å². The van der Waals surface area contributed by atoms with Crippen molar-refractivity contribution in [3.63, 3.8) is 0 Å². The molecule has 7 heteroatoms. The summed E-state index contributed by atoms with van der Waals surface area (Å²) in [6.07, 6.45) is 3.45. The van der Waals surface area contributed by atoms with Crippen LogP contribution in [0.15, 0.2) is 11.8 Å². The number of hydrogen-bond donors (Lipinski definition) is 0. The maximum absolute atomic E-state index is 11.6. The molecule has 1 amide bonds. The second kappa shape index (κ2) is 4.00. The Labute approximate surface area is 97.5 Å². The Balaban J connectivity index is 2.34. The first-order valence-corrected chi connectivity index (χ1v) is 5.13. The topological polar surface area (TPSA) is 81.3 Å². The van der Waals surface area contributed by atoms with E-state index < -0.39 is 4.92 Å². The molecule has 0 N–H and O–H groups in total.